The Kier molecular flexibility index (Phi) is 3.17. The molecule has 0 bridgehead atoms. The third-order valence-electron chi connectivity index (χ3n) is 2.71. The van der Waals surface area contributed by atoms with E-state index in [4.69, 9.17) is 21.4 Å². The van der Waals surface area contributed by atoms with Crippen LogP contribution in [0, 0.1) is 0 Å². The van der Waals surface area contributed by atoms with Gasteiger partial charge in [0.2, 0.25) is 0 Å². The lowest BCUT2D eigenvalue weighted by Crippen LogP contribution is -2.33. The topological polar surface area (TPSA) is 66.8 Å². The highest BCUT2D eigenvalue weighted by Gasteiger charge is 2.43. The van der Waals surface area contributed by atoms with Crippen molar-refractivity contribution in [2.24, 2.45) is 0 Å². The number of carboxylic acids is 1. The summed E-state index contributed by atoms with van der Waals surface area (Å²) in [7, 11) is 0. The van der Waals surface area contributed by atoms with Crippen LogP contribution in [0.15, 0.2) is 24.3 Å². The summed E-state index contributed by atoms with van der Waals surface area (Å²) in [6.45, 7) is 1.81. The Labute approximate surface area is 109 Å². The molecule has 1 N–H and O–H groups in total. The minimum absolute atomic E-state index is 0.208. The summed E-state index contributed by atoms with van der Waals surface area (Å²) in [5.41, 5.74) is -0.360. The first-order valence-electron chi connectivity index (χ1n) is 5.37. The third kappa shape index (κ3) is 2.56. The van der Waals surface area contributed by atoms with Crippen LogP contribution >= 0.6 is 11.6 Å². The van der Waals surface area contributed by atoms with E-state index in [1.807, 2.05) is 0 Å². The minimum Gasteiger partial charge on any atom is -0.481 e. The highest BCUT2D eigenvalue weighted by atomic mass is 35.5. The molecule has 0 spiro atoms. The lowest BCUT2D eigenvalue weighted by molar-refractivity contribution is -0.140. The van der Waals surface area contributed by atoms with E-state index in [0.29, 0.717) is 10.7 Å². The third-order valence-corrected chi connectivity index (χ3v) is 2.96. The molecule has 96 valence electrons. The monoisotopic (exact) mass is 269 g/mol. The molecule has 1 aliphatic rings. The molecule has 1 aromatic carbocycles. The molecular formula is C12H12ClNO4. The zero-order valence-electron chi connectivity index (χ0n) is 9.72. The quantitative estimate of drug-likeness (QED) is 0.916. The van der Waals surface area contributed by atoms with Crippen LogP contribution in [0.2, 0.25) is 5.02 Å². The van der Waals surface area contributed by atoms with Gasteiger partial charge >= 0.3 is 12.1 Å². The smallest absolute Gasteiger partial charge is 0.415 e. The Morgan fingerprint density at radius 3 is 2.67 bits per heavy atom. The molecule has 18 heavy (non-hydrogen) atoms. The molecule has 1 aromatic rings. The summed E-state index contributed by atoms with van der Waals surface area (Å²) in [5.74, 6) is -0.997. The number of nitrogens with zero attached hydrogens (tertiary/aromatic N) is 1. The van der Waals surface area contributed by atoms with Crippen LogP contribution in [-0.2, 0) is 9.53 Å². The second kappa shape index (κ2) is 4.49. The van der Waals surface area contributed by atoms with Crippen molar-refractivity contribution >= 4 is 29.4 Å². The van der Waals surface area contributed by atoms with Gasteiger partial charge in [-0.3, -0.25) is 9.69 Å². The van der Waals surface area contributed by atoms with Crippen LogP contribution in [-0.4, -0.2) is 29.3 Å². The lowest BCUT2D eigenvalue weighted by Gasteiger charge is -2.19. The number of ether oxygens (including phenoxy) is 1. The number of aliphatic carboxylic acids is 1. The van der Waals surface area contributed by atoms with Crippen molar-refractivity contribution in [3.8, 4) is 0 Å². The summed E-state index contributed by atoms with van der Waals surface area (Å²) < 4.78 is 5.13. The number of carboxylic acid groups (broad SMARTS) is 1. The molecular weight excluding hydrogens is 258 g/mol. The van der Waals surface area contributed by atoms with Gasteiger partial charge in [0.05, 0.1) is 13.0 Å². The zero-order chi connectivity index (χ0) is 13.3. The van der Waals surface area contributed by atoms with Crippen LogP contribution in [0.1, 0.15) is 13.3 Å². The summed E-state index contributed by atoms with van der Waals surface area (Å²) in [6.07, 6.45) is -0.760. The maximum absolute atomic E-state index is 11.7. The van der Waals surface area contributed by atoms with Crippen molar-refractivity contribution in [1.82, 2.24) is 0 Å². The Hall–Kier alpha value is -1.75. The number of carbonyl (C=O) groups excluding carboxylic acids is 1. The fourth-order valence-electron chi connectivity index (χ4n) is 1.93. The molecule has 0 radical (unpaired) electrons. The first-order chi connectivity index (χ1) is 8.39. The van der Waals surface area contributed by atoms with Gasteiger partial charge in [-0.15, -0.1) is 0 Å². The molecule has 0 aromatic heterocycles. The van der Waals surface area contributed by atoms with Gasteiger partial charge in [-0.1, -0.05) is 11.6 Å². The zero-order valence-corrected chi connectivity index (χ0v) is 10.5. The van der Waals surface area contributed by atoms with E-state index in [0.717, 1.165) is 0 Å². The number of benzene rings is 1. The Bertz CT molecular complexity index is 487. The average molecular weight is 270 g/mol. The van der Waals surface area contributed by atoms with Gasteiger partial charge in [0.25, 0.3) is 0 Å². The van der Waals surface area contributed by atoms with Gasteiger partial charge in [0.1, 0.15) is 5.60 Å². The molecule has 5 nitrogen and oxygen atoms in total. The number of hydrogen-bond acceptors (Lipinski definition) is 3. The number of amides is 1. The van der Waals surface area contributed by atoms with Gasteiger partial charge in [-0.25, -0.2) is 4.79 Å². The SMILES string of the molecule is CC1(CC(=O)O)CN(c2ccc(Cl)cc2)C(=O)O1. The molecule has 1 atom stereocenters. The van der Waals surface area contributed by atoms with Gasteiger partial charge in [0.15, 0.2) is 0 Å². The molecule has 1 unspecified atom stereocenters. The summed E-state index contributed by atoms with van der Waals surface area (Å²) >= 11 is 5.77. The van der Waals surface area contributed by atoms with Crippen molar-refractivity contribution in [3.05, 3.63) is 29.3 Å². The fourth-order valence-corrected chi connectivity index (χ4v) is 2.05. The second-order valence-electron chi connectivity index (χ2n) is 4.45. The van der Waals surface area contributed by atoms with Gasteiger partial charge < -0.3 is 9.84 Å². The average Bonchev–Trinajstić information content (AvgIpc) is 2.54. The normalized spacial score (nSPS) is 23.0. The number of rotatable bonds is 3. The van der Waals surface area contributed by atoms with E-state index in [1.165, 1.54) is 4.90 Å². The molecule has 1 heterocycles. The first-order valence-corrected chi connectivity index (χ1v) is 5.75. The molecule has 1 amide bonds. The predicted molar refractivity (Wildman–Crippen MR) is 65.9 cm³/mol. The molecule has 0 saturated carbocycles. The molecule has 1 aliphatic heterocycles. The lowest BCUT2D eigenvalue weighted by atomic mass is 10.0. The van der Waals surface area contributed by atoms with Crippen molar-refractivity contribution in [2.75, 3.05) is 11.4 Å². The summed E-state index contributed by atoms with van der Waals surface area (Å²) in [5, 5.41) is 9.36. The summed E-state index contributed by atoms with van der Waals surface area (Å²) in [6, 6.07) is 6.71. The molecule has 1 saturated heterocycles. The maximum Gasteiger partial charge on any atom is 0.415 e. The van der Waals surface area contributed by atoms with Crippen molar-refractivity contribution in [1.29, 1.82) is 0 Å². The minimum atomic E-state index is -0.997. The van der Waals surface area contributed by atoms with E-state index in [-0.39, 0.29) is 13.0 Å². The maximum atomic E-state index is 11.7. The number of cyclic esters (lactones) is 1. The Morgan fingerprint density at radius 1 is 1.50 bits per heavy atom. The number of anilines is 1. The standard InChI is InChI=1S/C12H12ClNO4/c1-12(6-10(15)16)7-14(11(17)18-12)9-4-2-8(13)3-5-9/h2-5H,6-7H2,1H3,(H,15,16). The Balaban J connectivity index is 2.19. The molecule has 6 heteroatoms. The van der Waals surface area contributed by atoms with E-state index in [1.54, 1.807) is 31.2 Å². The number of carbonyl (C=O) groups is 2. The van der Waals surface area contributed by atoms with Crippen molar-refractivity contribution in [2.45, 2.75) is 18.9 Å². The number of halogens is 1. The Morgan fingerprint density at radius 2 is 2.11 bits per heavy atom. The van der Waals surface area contributed by atoms with Crippen LogP contribution in [0.3, 0.4) is 0 Å². The highest BCUT2D eigenvalue weighted by Crippen LogP contribution is 2.30. The molecule has 1 fully saturated rings. The van der Waals surface area contributed by atoms with E-state index in [9.17, 15) is 9.59 Å². The van der Waals surface area contributed by atoms with Gasteiger partial charge in [-0.2, -0.15) is 0 Å². The largest absolute Gasteiger partial charge is 0.481 e. The fraction of sp³-hybridized carbons (Fsp3) is 0.333. The summed E-state index contributed by atoms with van der Waals surface area (Å²) in [4.78, 5) is 23.9. The first kappa shape index (κ1) is 12.7. The van der Waals surface area contributed by atoms with E-state index < -0.39 is 17.7 Å². The van der Waals surface area contributed by atoms with Crippen LogP contribution in [0.4, 0.5) is 10.5 Å². The van der Waals surface area contributed by atoms with Gasteiger partial charge in [0, 0.05) is 10.7 Å². The second-order valence-corrected chi connectivity index (χ2v) is 4.89. The molecule has 0 aliphatic carbocycles. The van der Waals surface area contributed by atoms with E-state index >= 15 is 0 Å². The van der Waals surface area contributed by atoms with Crippen LogP contribution in [0.25, 0.3) is 0 Å². The molecule has 2 rings (SSSR count). The van der Waals surface area contributed by atoms with E-state index in [2.05, 4.69) is 0 Å². The van der Waals surface area contributed by atoms with Crippen molar-refractivity contribution in [3.63, 3.8) is 0 Å². The highest BCUT2D eigenvalue weighted by molar-refractivity contribution is 6.30. The predicted octanol–water partition coefficient (Wildman–Crippen LogP) is 2.53. The number of hydrogen-bond donors (Lipinski definition) is 1. The van der Waals surface area contributed by atoms with Gasteiger partial charge in [-0.05, 0) is 31.2 Å². The van der Waals surface area contributed by atoms with Crippen LogP contribution < -0.4 is 4.90 Å². The van der Waals surface area contributed by atoms with Crippen LogP contribution in [0.5, 0.6) is 0 Å². The van der Waals surface area contributed by atoms with Crippen molar-refractivity contribution < 1.29 is 19.4 Å².